The van der Waals surface area contributed by atoms with Gasteiger partial charge >= 0.3 is 0 Å². The Labute approximate surface area is 87.9 Å². The third-order valence-electron chi connectivity index (χ3n) is 2.73. The van der Waals surface area contributed by atoms with Crippen LogP contribution in [0.3, 0.4) is 0 Å². The van der Waals surface area contributed by atoms with E-state index in [-0.39, 0.29) is 11.8 Å². The molecule has 15 heavy (non-hydrogen) atoms. The quantitative estimate of drug-likeness (QED) is 0.558. The van der Waals surface area contributed by atoms with E-state index in [0.29, 0.717) is 0 Å². The van der Waals surface area contributed by atoms with Gasteiger partial charge in [0.15, 0.2) is 0 Å². The summed E-state index contributed by atoms with van der Waals surface area (Å²) >= 11 is 0. The Hall–Kier alpha value is -1.80. The smallest absolute Gasteiger partial charge is 0.235 e. The number of aliphatic imine (C=N–C) groups is 1. The fourth-order valence-corrected chi connectivity index (χ4v) is 1.95. The van der Waals surface area contributed by atoms with Crippen LogP contribution in [0.5, 0.6) is 5.75 Å². The first-order chi connectivity index (χ1) is 7.22. The first-order valence-electron chi connectivity index (χ1n) is 4.83. The Morgan fingerprint density at radius 2 is 2.40 bits per heavy atom. The minimum absolute atomic E-state index is 0.166. The molecule has 1 atom stereocenters. The number of isocyanates is 1. The van der Waals surface area contributed by atoms with Crippen LogP contribution in [0, 0.1) is 0 Å². The van der Waals surface area contributed by atoms with Crippen molar-refractivity contribution in [3.05, 3.63) is 23.8 Å². The van der Waals surface area contributed by atoms with E-state index in [2.05, 4.69) is 9.89 Å². The summed E-state index contributed by atoms with van der Waals surface area (Å²) < 4.78 is 0. The van der Waals surface area contributed by atoms with Gasteiger partial charge in [0.05, 0.1) is 6.04 Å². The van der Waals surface area contributed by atoms with Crippen molar-refractivity contribution < 1.29 is 9.90 Å². The Kier molecular flexibility index (Phi) is 2.44. The summed E-state index contributed by atoms with van der Waals surface area (Å²) in [5, 5.41) is 9.40. The third kappa shape index (κ3) is 1.72. The summed E-state index contributed by atoms with van der Waals surface area (Å²) in [6.45, 7) is 0.855. The molecule has 0 spiro atoms. The van der Waals surface area contributed by atoms with Crippen molar-refractivity contribution in [2.24, 2.45) is 4.99 Å². The van der Waals surface area contributed by atoms with Gasteiger partial charge in [-0.3, -0.25) is 0 Å². The maximum absolute atomic E-state index is 10.3. The van der Waals surface area contributed by atoms with E-state index in [4.69, 9.17) is 0 Å². The first-order valence-corrected chi connectivity index (χ1v) is 4.83. The fourth-order valence-electron chi connectivity index (χ4n) is 1.95. The van der Waals surface area contributed by atoms with Crippen LogP contribution in [0.15, 0.2) is 23.2 Å². The highest BCUT2D eigenvalue weighted by Gasteiger charge is 2.22. The van der Waals surface area contributed by atoms with E-state index in [1.165, 1.54) is 0 Å². The SMILES string of the molecule is CN1CCC(N=C=O)c2cc(O)ccc21. The number of rotatable bonds is 1. The van der Waals surface area contributed by atoms with Crippen molar-refractivity contribution in [2.75, 3.05) is 18.5 Å². The van der Waals surface area contributed by atoms with Crippen LogP contribution in [-0.4, -0.2) is 24.8 Å². The van der Waals surface area contributed by atoms with Crippen LogP contribution in [0.1, 0.15) is 18.0 Å². The molecule has 2 rings (SSSR count). The number of phenols is 1. The second-order valence-corrected chi connectivity index (χ2v) is 3.69. The van der Waals surface area contributed by atoms with Gasteiger partial charge in [0.25, 0.3) is 0 Å². The second kappa shape index (κ2) is 3.75. The highest BCUT2D eigenvalue weighted by molar-refractivity contribution is 5.59. The number of hydrogen-bond acceptors (Lipinski definition) is 4. The second-order valence-electron chi connectivity index (χ2n) is 3.69. The molecule has 0 saturated heterocycles. The van der Waals surface area contributed by atoms with Crippen molar-refractivity contribution >= 4 is 11.8 Å². The van der Waals surface area contributed by atoms with Gasteiger partial charge in [-0.1, -0.05) is 0 Å². The van der Waals surface area contributed by atoms with Crippen molar-refractivity contribution in [3.63, 3.8) is 0 Å². The molecule has 0 fully saturated rings. The first kappa shape index (κ1) is 9.74. The minimum atomic E-state index is -0.166. The zero-order valence-electron chi connectivity index (χ0n) is 8.47. The van der Waals surface area contributed by atoms with E-state index in [1.807, 2.05) is 13.1 Å². The standard InChI is InChI=1S/C11H12N2O2/c1-13-5-4-10(12-7-14)9-6-8(15)2-3-11(9)13/h2-3,6,10,15H,4-5H2,1H3. The molecule has 0 bridgehead atoms. The molecule has 0 aromatic heterocycles. The minimum Gasteiger partial charge on any atom is -0.508 e. The van der Waals surface area contributed by atoms with Crippen molar-refractivity contribution in [3.8, 4) is 5.75 Å². The molecular weight excluding hydrogens is 192 g/mol. The van der Waals surface area contributed by atoms with E-state index in [0.717, 1.165) is 24.2 Å². The molecular formula is C11H12N2O2. The van der Waals surface area contributed by atoms with Gasteiger partial charge in [0.1, 0.15) is 5.75 Å². The number of anilines is 1. The van der Waals surface area contributed by atoms with Gasteiger partial charge in [-0.05, 0) is 24.6 Å². The van der Waals surface area contributed by atoms with Crippen molar-refractivity contribution in [2.45, 2.75) is 12.5 Å². The molecule has 78 valence electrons. The lowest BCUT2D eigenvalue weighted by Gasteiger charge is -2.30. The van der Waals surface area contributed by atoms with Gasteiger partial charge in [-0.2, -0.15) is 4.99 Å². The molecule has 0 aliphatic carbocycles. The molecule has 1 heterocycles. The van der Waals surface area contributed by atoms with Crippen molar-refractivity contribution in [1.29, 1.82) is 0 Å². The third-order valence-corrected chi connectivity index (χ3v) is 2.73. The Morgan fingerprint density at radius 1 is 1.60 bits per heavy atom. The Morgan fingerprint density at radius 3 is 3.13 bits per heavy atom. The molecule has 0 radical (unpaired) electrons. The van der Waals surface area contributed by atoms with Crippen LogP contribution >= 0.6 is 0 Å². The molecule has 4 nitrogen and oxygen atoms in total. The number of phenolic OH excluding ortho intramolecular Hbond substituents is 1. The van der Waals surface area contributed by atoms with Crippen molar-refractivity contribution in [1.82, 2.24) is 0 Å². The molecule has 1 aromatic carbocycles. The predicted molar refractivity (Wildman–Crippen MR) is 56.9 cm³/mol. The molecule has 0 saturated carbocycles. The monoisotopic (exact) mass is 204 g/mol. The molecule has 1 aliphatic heterocycles. The average Bonchev–Trinajstić information content (AvgIpc) is 2.22. The largest absolute Gasteiger partial charge is 0.508 e. The molecule has 0 amide bonds. The summed E-state index contributed by atoms with van der Waals surface area (Å²) in [5.41, 5.74) is 1.91. The topological polar surface area (TPSA) is 52.9 Å². The van der Waals surface area contributed by atoms with E-state index in [9.17, 15) is 9.90 Å². The van der Waals surface area contributed by atoms with E-state index in [1.54, 1.807) is 18.2 Å². The predicted octanol–water partition coefficient (Wildman–Crippen LogP) is 1.61. The highest BCUT2D eigenvalue weighted by Crippen LogP contribution is 2.36. The average molecular weight is 204 g/mol. The summed E-state index contributed by atoms with van der Waals surface area (Å²) in [7, 11) is 1.98. The van der Waals surface area contributed by atoms with Crippen LogP contribution in [-0.2, 0) is 4.79 Å². The molecule has 1 aliphatic rings. The lowest BCUT2D eigenvalue weighted by Crippen LogP contribution is -2.26. The van der Waals surface area contributed by atoms with Crippen LogP contribution in [0.4, 0.5) is 5.69 Å². The van der Waals surface area contributed by atoms with Crippen LogP contribution in [0.2, 0.25) is 0 Å². The fraction of sp³-hybridized carbons (Fsp3) is 0.364. The number of carbonyl (C=O) groups excluding carboxylic acids is 1. The maximum atomic E-state index is 10.3. The Bertz CT molecular complexity index is 425. The Balaban J connectivity index is 2.50. The van der Waals surface area contributed by atoms with Gasteiger partial charge in [-0.15, -0.1) is 0 Å². The summed E-state index contributed by atoms with van der Waals surface area (Å²) in [6, 6.07) is 4.98. The zero-order valence-corrected chi connectivity index (χ0v) is 8.47. The van der Waals surface area contributed by atoms with Gasteiger partial charge < -0.3 is 10.0 Å². The lowest BCUT2D eigenvalue weighted by molar-refractivity contribution is 0.472. The summed E-state index contributed by atoms with van der Waals surface area (Å²) in [6.07, 6.45) is 2.37. The number of fused-ring (bicyclic) bond motifs is 1. The molecule has 1 N–H and O–H groups in total. The van der Waals surface area contributed by atoms with Crippen LogP contribution in [0.25, 0.3) is 0 Å². The van der Waals surface area contributed by atoms with Gasteiger partial charge in [0, 0.05) is 24.8 Å². The van der Waals surface area contributed by atoms with E-state index < -0.39 is 0 Å². The molecule has 1 unspecified atom stereocenters. The normalized spacial score (nSPS) is 19.3. The number of aromatic hydroxyl groups is 1. The van der Waals surface area contributed by atoms with Gasteiger partial charge in [-0.25, -0.2) is 4.79 Å². The van der Waals surface area contributed by atoms with Crippen LogP contribution < -0.4 is 4.90 Å². The number of nitrogens with zero attached hydrogens (tertiary/aromatic N) is 2. The lowest BCUT2D eigenvalue weighted by atomic mass is 9.97. The molecule has 1 aromatic rings. The highest BCUT2D eigenvalue weighted by atomic mass is 16.3. The zero-order chi connectivity index (χ0) is 10.8. The number of hydrogen-bond donors (Lipinski definition) is 1. The maximum Gasteiger partial charge on any atom is 0.235 e. The van der Waals surface area contributed by atoms with Gasteiger partial charge in [0.2, 0.25) is 6.08 Å². The molecule has 4 heteroatoms. The van der Waals surface area contributed by atoms with E-state index >= 15 is 0 Å². The number of benzene rings is 1. The summed E-state index contributed by atoms with van der Waals surface area (Å²) in [4.78, 5) is 16.1. The summed E-state index contributed by atoms with van der Waals surface area (Å²) in [5.74, 6) is 0.204.